The standard InChI is InChI=1S/C22H21Cl2NOS/c1-13-5-7-18(9-14(13)2)25-15(3)10-19(16(25)4)21(26)12-27-22-11-17(23)6-8-20(22)24/h5-11H,12H2,1-4H3. The van der Waals surface area contributed by atoms with E-state index in [0.29, 0.717) is 15.8 Å². The summed E-state index contributed by atoms with van der Waals surface area (Å²) < 4.78 is 2.14. The third kappa shape index (κ3) is 4.26. The van der Waals surface area contributed by atoms with Gasteiger partial charge < -0.3 is 4.57 Å². The second-order valence-corrected chi connectivity index (χ2v) is 8.54. The smallest absolute Gasteiger partial charge is 0.174 e. The molecular formula is C22H21Cl2NOS. The Morgan fingerprint density at radius 3 is 2.41 bits per heavy atom. The maximum atomic E-state index is 12.8. The summed E-state index contributed by atoms with van der Waals surface area (Å²) in [6, 6.07) is 13.6. The molecule has 5 heteroatoms. The molecule has 0 amide bonds. The quantitative estimate of drug-likeness (QED) is 0.329. The van der Waals surface area contributed by atoms with Gasteiger partial charge >= 0.3 is 0 Å². The van der Waals surface area contributed by atoms with Crippen molar-refractivity contribution in [2.75, 3.05) is 5.75 Å². The summed E-state index contributed by atoms with van der Waals surface area (Å²) in [6.45, 7) is 8.22. The fourth-order valence-corrected chi connectivity index (χ4v) is 4.49. The average Bonchev–Trinajstić information content (AvgIpc) is 2.92. The first-order valence-corrected chi connectivity index (χ1v) is 10.4. The van der Waals surface area contributed by atoms with Crippen LogP contribution >= 0.6 is 35.0 Å². The molecule has 27 heavy (non-hydrogen) atoms. The van der Waals surface area contributed by atoms with Gasteiger partial charge in [-0.1, -0.05) is 29.3 Å². The third-order valence-electron chi connectivity index (χ3n) is 4.73. The van der Waals surface area contributed by atoms with E-state index < -0.39 is 0 Å². The number of ketones is 1. The molecule has 3 aromatic rings. The molecular weight excluding hydrogens is 397 g/mol. The fourth-order valence-electron chi connectivity index (χ4n) is 3.12. The van der Waals surface area contributed by atoms with Crippen LogP contribution in [0.3, 0.4) is 0 Å². The molecule has 0 bridgehead atoms. The predicted octanol–water partition coefficient (Wildman–Crippen LogP) is 6.99. The van der Waals surface area contributed by atoms with Crippen molar-refractivity contribution in [2.24, 2.45) is 0 Å². The minimum Gasteiger partial charge on any atom is -0.318 e. The van der Waals surface area contributed by atoms with Crippen molar-refractivity contribution < 1.29 is 4.79 Å². The van der Waals surface area contributed by atoms with Crippen LogP contribution in [-0.4, -0.2) is 16.1 Å². The van der Waals surface area contributed by atoms with E-state index in [-0.39, 0.29) is 5.78 Å². The zero-order valence-corrected chi connectivity index (χ0v) is 18.1. The number of rotatable bonds is 5. The van der Waals surface area contributed by atoms with Crippen molar-refractivity contribution in [3.63, 3.8) is 0 Å². The Hall–Kier alpha value is -1.68. The lowest BCUT2D eigenvalue weighted by Gasteiger charge is -2.12. The van der Waals surface area contributed by atoms with Crippen LogP contribution in [0.5, 0.6) is 0 Å². The largest absolute Gasteiger partial charge is 0.318 e. The number of hydrogen-bond acceptors (Lipinski definition) is 2. The second-order valence-electron chi connectivity index (χ2n) is 6.68. The zero-order chi connectivity index (χ0) is 19.7. The van der Waals surface area contributed by atoms with Gasteiger partial charge in [0.05, 0.1) is 10.8 Å². The van der Waals surface area contributed by atoms with Crippen LogP contribution in [0.25, 0.3) is 5.69 Å². The third-order valence-corrected chi connectivity index (χ3v) is 6.46. The molecule has 0 aliphatic rings. The summed E-state index contributed by atoms with van der Waals surface area (Å²) in [5.41, 5.74) is 6.32. The molecule has 0 unspecified atom stereocenters. The van der Waals surface area contributed by atoms with Gasteiger partial charge in [-0.25, -0.2) is 0 Å². The molecule has 0 saturated heterocycles. The molecule has 0 fully saturated rings. The molecule has 0 aliphatic heterocycles. The minimum absolute atomic E-state index is 0.0826. The Labute approximate surface area is 174 Å². The van der Waals surface area contributed by atoms with E-state index >= 15 is 0 Å². The molecule has 0 atom stereocenters. The molecule has 0 spiro atoms. The lowest BCUT2D eigenvalue weighted by molar-refractivity contribution is 0.102. The summed E-state index contributed by atoms with van der Waals surface area (Å²) in [6.07, 6.45) is 0. The van der Waals surface area contributed by atoms with Gasteiger partial charge in [-0.15, -0.1) is 11.8 Å². The van der Waals surface area contributed by atoms with E-state index in [0.717, 1.165) is 27.5 Å². The van der Waals surface area contributed by atoms with Crippen molar-refractivity contribution in [3.05, 3.63) is 80.6 Å². The van der Waals surface area contributed by atoms with E-state index in [9.17, 15) is 4.79 Å². The van der Waals surface area contributed by atoms with Crippen LogP contribution < -0.4 is 0 Å². The zero-order valence-electron chi connectivity index (χ0n) is 15.8. The molecule has 0 aliphatic carbocycles. The molecule has 1 aromatic heterocycles. The number of Topliss-reactive ketones (excluding diaryl/α,β-unsaturated/α-hetero) is 1. The highest BCUT2D eigenvalue weighted by Gasteiger charge is 2.17. The van der Waals surface area contributed by atoms with Gasteiger partial charge in [-0.2, -0.15) is 0 Å². The van der Waals surface area contributed by atoms with E-state index in [1.54, 1.807) is 18.2 Å². The van der Waals surface area contributed by atoms with E-state index in [2.05, 4.69) is 36.6 Å². The number of aromatic nitrogens is 1. The molecule has 2 aromatic carbocycles. The highest BCUT2D eigenvalue weighted by molar-refractivity contribution is 8.00. The lowest BCUT2D eigenvalue weighted by atomic mass is 10.1. The van der Waals surface area contributed by atoms with E-state index in [4.69, 9.17) is 23.2 Å². The number of halogens is 2. The monoisotopic (exact) mass is 417 g/mol. The molecule has 140 valence electrons. The molecule has 1 heterocycles. The number of aryl methyl sites for hydroxylation is 3. The fraction of sp³-hybridized carbons (Fsp3) is 0.227. The van der Waals surface area contributed by atoms with Gasteiger partial charge in [0.15, 0.2) is 5.78 Å². The number of carbonyl (C=O) groups excluding carboxylic acids is 1. The summed E-state index contributed by atoms with van der Waals surface area (Å²) in [7, 11) is 0. The summed E-state index contributed by atoms with van der Waals surface area (Å²) >= 11 is 13.6. The van der Waals surface area contributed by atoms with Crippen molar-refractivity contribution in [1.29, 1.82) is 0 Å². The van der Waals surface area contributed by atoms with Gasteiger partial charge in [0.1, 0.15) is 0 Å². The molecule has 0 saturated carbocycles. The van der Waals surface area contributed by atoms with Crippen LogP contribution in [0.4, 0.5) is 0 Å². The normalized spacial score (nSPS) is 11.0. The van der Waals surface area contributed by atoms with E-state index in [1.807, 2.05) is 19.9 Å². The van der Waals surface area contributed by atoms with Gasteiger partial charge in [0, 0.05) is 32.6 Å². The van der Waals surface area contributed by atoms with Crippen molar-refractivity contribution in [1.82, 2.24) is 4.57 Å². The second kappa shape index (κ2) is 8.14. The number of hydrogen-bond donors (Lipinski definition) is 0. The molecule has 0 N–H and O–H groups in total. The average molecular weight is 418 g/mol. The maximum Gasteiger partial charge on any atom is 0.174 e. The van der Waals surface area contributed by atoms with Crippen LogP contribution in [-0.2, 0) is 0 Å². The highest BCUT2D eigenvalue weighted by atomic mass is 35.5. The number of carbonyl (C=O) groups is 1. The molecule has 0 radical (unpaired) electrons. The first kappa shape index (κ1) is 20.1. The number of nitrogens with zero attached hydrogens (tertiary/aromatic N) is 1. The van der Waals surface area contributed by atoms with Crippen molar-refractivity contribution in [2.45, 2.75) is 32.6 Å². The Morgan fingerprint density at radius 1 is 0.963 bits per heavy atom. The summed E-state index contributed by atoms with van der Waals surface area (Å²) in [5, 5.41) is 1.22. The van der Waals surface area contributed by atoms with Crippen molar-refractivity contribution in [3.8, 4) is 5.69 Å². The Bertz CT molecular complexity index is 1020. The predicted molar refractivity (Wildman–Crippen MR) is 116 cm³/mol. The first-order chi connectivity index (χ1) is 12.8. The van der Waals surface area contributed by atoms with Crippen LogP contribution in [0.1, 0.15) is 32.9 Å². The molecule has 3 rings (SSSR count). The number of benzene rings is 2. The van der Waals surface area contributed by atoms with Crippen molar-refractivity contribution >= 4 is 40.7 Å². The first-order valence-electron chi connectivity index (χ1n) is 8.65. The highest BCUT2D eigenvalue weighted by Crippen LogP contribution is 2.31. The van der Waals surface area contributed by atoms with Crippen LogP contribution in [0.2, 0.25) is 10.0 Å². The maximum absolute atomic E-state index is 12.8. The van der Waals surface area contributed by atoms with Crippen LogP contribution in [0, 0.1) is 27.7 Å². The van der Waals surface area contributed by atoms with Crippen LogP contribution in [0.15, 0.2) is 47.4 Å². The van der Waals surface area contributed by atoms with Gasteiger partial charge in [0.2, 0.25) is 0 Å². The van der Waals surface area contributed by atoms with Gasteiger partial charge in [0.25, 0.3) is 0 Å². The Balaban J connectivity index is 1.86. The topological polar surface area (TPSA) is 22.0 Å². The summed E-state index contributed by atoms with van der Waals surface area (Å²) in [4.78, 5) is 13.7. The Morgan fingerprint density at radius 2 is 1.70 bits per heavy atom. The SMILES string of the molecule is Cc1ccc(-n2c(C)cc(C(=O)CSc3cc(Cl)ccc3Cl)c2C)cc1C. The number of thioether (sulfide) groups is 1. The van der Waals surface area contributed by atoms with Gasteiger partial charge in [-0.3, -0.25) is 4.79 Å². The minimum atomic E-state index is 0.0826. The van der Waals surface area contributed by atoms with E-state index in [1.165, 1.54) is 22.9 Å². The summed E-state index contributed by atoms with van der Waals surface area (Å²) in [5.74, 6) is 0.399. The van der Waals surface area contributed by atoms with Gasteiger partial charge in [-0.05, 0) is 75.2 Å². The molecule has 2 nitrogen and oxygen atoms in total. The Kier molecular flexibility index (Phi) is 6.05. The lowest BCUT2D eigenvalue weighted by Crippen LogP contribution is -2.06.